The Morgan fingerprint density at radius 1 is 1.28 bits per heavy atom. The number of carbonyl (C=O) groups excluding carboxylic acids is 1. The first-order valence-corrected chi connectivity index (χ1v) is 12.0. The van der Waals surface area contributed by atoms with Crippen LogP contribution in [0.15, 0.2) is 57.0 Å². The van der Waals surface area contributed by atoms with Crippen molar-refractivity contribution < 1.29 is 13.6 Å². The van der Waals surface area contributed by atoms with Crippen LogP contribution in [0.4, 0.5) is 4.39 Å². The van der Waals surface area contributed by atoms with E-state index in [1.165, 1.54) is 35.2 Å². The molecule has 5 rings (SSSR count). The summed E-state index contributed by atoms with van der Waals surface area (Å²) in [6.45, 7) is 2.97. The maximum Gasteiger partial charge on any atom is 0.263 e. The fraction of sp³-hybridized carbons (Fsp3) is 0.261. The van der Waals surface area contributed by atoms with Gasteiger partial charge in [0.25, 0.3) is 5.56 Å². The van der Waals surface area contributed by atoms with Crippen LogP contribution >= 0.6 is 23.1 Å². The Morgan fingerprint density at radius 2 is 2.09 bits per heavy atom. The lowest BCUT2D eigenvalue weighted by Gasteiger charge is -2.25. The molecule has 1 aliphatic rings. The Balaban J connectivity index is 1.57. The van der Waals surface area contributed by atoms with Gasteiger partial charge in [0.05, 0.1) is 24.7 Å². The third-order valence-corrected chi connectivity index (χ3v) is 7.70. The van der Waals surface area contributed by atoms with Crippen LogP contribution in [0.2, 0.25) is 0 Å². The monoisotopic (exact) mass is 469 g/mol. The van der Waals surface area contributed by atoms with Gasteiger partial charge in [-0.2, -0.15) is 0 Å². The van der Waals surface area contributed by atoms with Crippen molar-refractivity contribution in [1.29, 1.82) is 0 Å². The van der Waals surface area contributed by atoms with Crippen LogP contribution < -0.4 is 5.56 Å². The molecule has 1 amide bonds. The molecule has 1 aromatic carbocycles. The molecule has 32 heavy (non-hydrogen) atoms. The van der Waals surface area contributed by atoms with Crippen LogP contribution in [0.25, 0.3) is 10.2 Å². The lowest BCUT2D eigenvalue weighted by atomic mass is 10.1. The quantitative estimate of drug-likeness (QED) is 0.319. The number of thioether (sulfide) groups is 1. The zero-order valence-electron chi connectivity index (χ0n) is 17.3. The number of carbonyl (C=O) groups is 1. The average molecular weight is 470 g/mol. The van der Waals surface area contributed by atoms with Gasteiger partial charge in [-0.15, -0.1) is 11.3 Å². The fourth-order valence-electron chi connectivity index (χ4n) is 3.86. The van der Waals surface area contributed by atoms with Gasteiger partial charge in [-0.05, 0) is 41.8 Å². The predicted octanol–water partition coefficient (Wildman–Crippen LogP) is 4.44. The molecular weight excluding hydrogens is 449 g/mol. The lowest BCUT2D eigenvalue weighted by molar-refractivity contribution is -0.129. The molecule has 0 saturated carbocycles. The van der Waals surface area contributed by atoms with E-state index >= 15 is 0 Å². The molecule has 1 aliphatic heterocycles. The Morgan fingerprint density at radius 3 is 2.81 bits per heavy atom. The van der Waals surface area contributed by atoms with Gasteiger partial charge < -0.3 is 9.32 Å². The highest BCUT2D eigenvalue weighted by atomic mass is 32.2. The third-order valence-electron chi connectivity index (χ3n) is 5.55. The molecule has 164 valence electrons. The largest absolute Gasteiger partial charge is 0.467 e. The molecule has 6 nitrogen and oxygen atoms in total. The number of thiophene rings is 1. The number of hydrogen-bond acceptors (Lipinski definition) is 6. The van der Waals surface area contributed by atoms with E-state index < -0.39 is 0 Å². The molecule has 4 aromatic rings. The second kappa shape index (κ2) is 8.55. The highest BCUT2D eigenvalue weighted by Crippen LogP contribution is 2.34. The minimum Gasteiger partial charge on any atom is -0.467 e. The highest BCUT2D eigenvalue weighted by Gasteiger charge is 2.26. The fourth-order valence-corrected chi connectivity index (χ4v) is 6.09. The summed E-state index contributed by atoms with van der Waals surface area (Å²) < 4.78 is 20.4. The number of rotatable bonds is 5. The van der Waals surface area contributed by atoms with Crippen LogP contribution in [-0.2, 0) is 30.1 Å². The van der Waals surface area contributed by atoms with Crippen molar-refractivity contribution in [2.45, 2.75) is 37.3 Å². The zero-order valence-corrected chi connectivity index (χ0v) is 19.0. The Hall–Kier alpha value is -2.91. The zero-order chi connectivity index (χ0) is 22.2. The molecule has 0 spiro atoms. The van der Waals surface area contributed by atoms with Crippen molar-refractivity contribution in [3.63, 3.8) is 0 Å². The summed E-state index contributed by atoms with van der Waals surface area (Å²) in [5.41, 5.74) is 1.85. The van der Waals surface area contributed by atoms with E-state index in [4.69, 9.17) is 9.40 Å². The van der Waals surface area contributed by atoms with E-state index in [9.17, 15) is 14.0 Å². The van der Waals surface area contributed by atoms with Gasteiger partial charge in [-0.1, -0.05) is 23.9 Å². The molecular formula is C23H20FN3O3S2. The highest BCUT2D eigenvalue weighted by molar-refractivity contribution is 7.98. The molecule has 0 fully saturated rings. The lowest BCUT2D eigenvalue weighted by Crippen LogP contribution is -2.34. The summed E-state index contributed by atoms with van der Waals surface area (Å²) in [6, 6.07) is 9.94. The van der Waals surface area contributed by atoms with E-state index in [1.807, 2.05) is 6.07 Å². The summed E-state index contributed by atoms with van der Waals surface area (Å²) in [5.74, 6) is 0.979. The minimum absolute atomic E-state index is 0.0341. The van der Waals surface area contributed by atoms with E-state index in [0.29, 0.717) is 46.4 Å². The second-order valence-electron chi connectivity index (χ2n) is 7.65. The van der Waals surface area contributed by atoms with Gasteiger partial charge in [0.2, 0.25) is 5.91 Å². The smallest absolute Gasteiger partial charge is 0.263 e. The van der Waals surface area contributed by atoms with Gasteiger partial charge in [-0.25, -0.2) is 9.37 Å². The molecule has 9 heteroatoms. The van der Waals surface area contributed by atoms with Gasteiger partial charge in [0.1, 0.15) is 16.4 Å². The molecule has 0 bridgehead atoms. The maximum absolute atomic E-state index is 13.6. The number of fused-ring (bicyclic) bond motifs is 3. The van der Waals surface area contributed by atoms with Gasteiger partial charge >= 0.3 is 0 Å². The topological polar surface area (TPSA) is 68.3 Å². The van der Waals surface area contributed by atoms with Crippen molar-refractivity contribution in [2.75, 3.05) is 6.54 Å². The number of nitrogens with zero attached hydrogens (tertiary/aromatic N) is 3. The molecule has 0 aliphatic carbocycles. The standard InChI is InChI=1S/C23H20FN3O3S2/c1-14(28)26-9-8-18-19(12-26)32-21-20(18)22(29)27(11-17-3-2-10-30-17)23(25-21)31-13-15-4-6-16(24)7-5-15/h2-7,10H,8-9,11-13H2,1H3. The van der Waals surface area contributed by atoms with Gasteiger partial charge in [0, 0.05) is 24.1 Å². The van der Waals surface area contributed by atoms with E-state index in [1.54, 1.807) is 40.9 Å². The van der Waals surface area contributed by atoms with E-state index in [-0.39, 0.29) is 23.8 Å². The minimum atomic E-state index is -0.281. The first-order valence-electron chi connectivity index (χ1n) is 10.2. The number of amides is 1. The number of furan rings is 1. The van der Waals surface area contributed by atoms with E-state index in [2.05, 4.69) is 0 Å². The second-order valence-corrected chi connectivity index (χ2v) is 9.68. The summed E-state index contributed by atoms with van der Waals surface area (Å²) in [7, 11) is 0. The molecule has 4 heterocycles. The summed E-state index contributed by atoms with van der Waals surface area (Å²) in [4.78, 5) is 33.8. The molecule has 0 radical (unpaired) electrons. The van der Waals surface area contributed by atoms with Crippen molar-refractivity contribution in [3.8, 4) is 0 Å². The SMILES string of the molecule is CC(=O)N1CCc2c(sc3nc(SCc4ccc(F)cc4)n(Cc4ccco4)c(=O)c23)C1. The molecule has 0 unspecified atom stereocenters. The molecule has 0 saturated heterocycles. The third kappa shape index (κ3) is 3.98. The maximum atomic E-state index is 13.6. The van der Waals surface area contributed by atoms with Crippen LogP contribution in [0, 0.1) is 5.82 Å². The normalized spacial score (nSPS) is 13.5. The van der Waals surface area contributed by atoms with Crippen molar-refractivity contribution in [3.05, 3.63) is 80.6 Å². The Labute approximate surface area is 191 Å². The molecule has 0 N–H and O–H groups in total. The summed E-state index contributed by atoms with van der Waals surface area (Å²) in [5, 5.41) is 1.23. The van der Waals surface area contributed by atoms with Crippen molar-refractivity contribution >= 4 is 39.2 Å². The van der Waals surface area contributed by atoms with Crippen LogP contribution in [-0.4, -0.2) is 26.9 Å². The molecule has 0 atom stereocenters. The van der Waals surface area contributed by atoms with Crippen molar-refractivity contribution in [2.24, 2.45) is 0 Å². The average Bonchev–Trinajstić information content (AvgIpc) is 3.42. The summed E-state index contributed by atoms with van der Waals surface area (Å²) >= 11 is 2.92. The van der Waals surface area contributed by atoms with Crippen LogP contribution in [0.3, 0.4) is 0 Å². The first kappa shape index (κ1) is 21.0. The Bertz CT molecular complexity index is 1340. The predicted molar refractivity (Wildman–Crippen MR) is 122 cm³/mol. The van der Waals surface area contributed by atoms with Crippen LogP contribution in [0.1, 0.15) is 28.7 Å². The van der Waals surface area contributed by atoms with Gasteiger partial charge in [-0.3, -0.25) is 14.2 Å². The van der Waals surface area contributed by atoms with E-state index in [0.717, 1.165) is 16.0 Å². The van der Waals surface area contributed by atoms with Crippen LogP contribution in [0.5, 0.6) is 0 Å². The molecule has 3 aromatic heterocycles. The Kier molecular flexibility index (Phi) is 5.60. The number of aromatic nitrogens is 2. The van der Waals surface area contributed by atoms with Gasteiger partial charge in [0.15, 0.2) is 5.16 Å². The number of hydrogen-bond donors (Lipinski definition) is 0. The van der Waals surface area contributed by atoms with Crippen molar-refractivity contribution in [1.82, 2.24) is 14.5 Å². The number of halogens is 1. The summed E-state index contributed by atoms with van der Waals surface area (Å²) in [6.07, 6.45) is 2.23. The number of benzene rings is 1. The first-order chi connectivity index (χ1) is 15.5.